The molecular weight excluding hydrogens is 496 g/mol. The number of hydrogen-bond acceptors (Lipinski definition) is 6. The van der Waals surface area contributed by atoms with Gasteiger partial charge in [0, 0.05) is 32.0 Å². The molecule has 0 aliphatic heterocycles. The molecule has 0 fully saturated rings. The highest BCUT2D eigenvalue weighted by Crippen LogP contribution is 2.35. The van der Waals surface area contributed by atoms with Gasteiger partial charge in [0.25, 0.3) is 0 Å². The number of ether oxygens (including phenoxy) is 1. The van der Waals surface area contributed by atoms with Crippen LogP contribution in [0.25, 0.3) is 11.0 Å². The maximum absolute atomic E-state index is 5.62. The number of aromatic amines is 1. The number of rotatable bonds is 10. The number of pyridine rings is 2. The van der Waals surface area contributed by atoms with Gasteiger partial charge < -0.3 is 15.0 Å². The van der Waals surface area contributed by atoms with E-state index in [4.69, 9.17) is 14.7 Å². The predicted molar refractivity (Wildman–Crippen MR) is 158 cm³/mol. The van der Waals surface area contributed by atoms with Gasteiger partial charge >= 0.3 is 0 Å². The normalized spacial score (nSPS) is 14.9. The van der Waals surface area contributed by atoms with Crippen LogP contribution in [0.15, 0.2) is 79.1 Å². The van der Waals surface area contributed by atoms with Crippen molar-refractivity contribution in [3.63, 3.8) is 0 Å². The zero-order valence-corrected chi connectivity index (χ0v) is 23.2. The standard InChI is InChI=1S/C33H36N6O/c1-23-11-16-29(40-2)33-31(23)37-30(38-33)22-39(28-10-5-7-26-8-6-18-36-32(26)28)21-25-14-12-24(13-15-25)19-34-20-27-9-3-4-17-35-27/h3-4,6,8-9,11-18,28,34H,5,7,10,19-22H2,1-2H3,(H,37,38). The SMILES string of the molecule is COc1ccc(C)c2nc(CN(Cc3ccc(CNCc4ccccn4)cc3)C3CCCc4cccnc43)[nH]c12. The lowest BCUT2D eigenvalue weighted by atomic mass is 9.90. The van der Waals surface area contributed by atoms with Crippen LogP contribution in [0.4, 0.5) is 0 Å². The molecule has 6 rings (SSSR count). The van der Waals surface area contributed by atoms with Crippen molar-refractivity contribution in [1.82, 2.24) is 30.2 Å². The second-order valence-electron chi connectivity index (χ2n) is 10.6. The Labute approximate surface area is 235 Å². The van der Waals surface area contributed by atoms with Gasteiger partial charge in [-0.3, -0.25) is 14.9 Å². The Morgan fingerprint density at radius 1 is 0.925 bits per heavy atom. The topological polar surface area (TPSA) is 79.0 Å². The predicted octanol–water partition coefficient (Wildman–Crippen LogP) is 6.04. The molecule has 1 aliphatic rings. The molecule has 0 bridgehead atoms. The van der Waals surface area contributed by atoms with Crippen LogP contribution in [0.5, 0.6) is 5.75 Å². The summed E-state index contributed by atoms with van der Waals surface area (Å²) in [5, 5.41) is 3.50. The minimum Gasteiger partial charge on any atom is -0.494 e. The lowest BCUT2D eigenvalue weighted by Gasteiger charge is -2.34. The van der Waals surface area contributed by atoms with Crippen molar-refractivity contribution in [2.45, 2.75) is 58.4 Å². The lowest BCUT2D eigenvalue weighted by molar-refractivity contribution is 0.153. The zero-order chi connectivity index (χ0) is 27.3. The van der Waals surface area contributed by atoms with E-state index in [1.807, 2.05) is 36.7 Å². The van der Waals surface area contributed by atoms with E-state index in [-0.39, 0.29) is 6.04 Å². The monoisotopic (exact) mass is 532 g/mol. The molecule has 5 aromatic rings. The largest absolute Gasteiger partial charge is 0.494 e. The highest BCUT2D eigenvalue weighted by Gasteiger charge is 2.28. The summed E-state index contributed by atoms with van der Waals surface area (Å²) >= 11 is 0. The summed E-state index contributed by atoms with van der Waals surface area (Å²) in [6.45, 7) is 5.17. The van der Waals surface area contributed by atoms with Crippen LogP contribution in [0.3, 0.4) is 0 Å². The second-order valence-corrected chi connectivity index (χ2v) is 10.6. The second kappa shape index (κ2) is 12.0. The van der Waals surface area contributed by atoms with Gasteiger partial charge in [-0.05, 0) is 72.7 Å². The molecule has 2 aromatic carbocycles. The van der Waals surface area contributed by atoms with Gasteiger partial charge in [0.2, 0.25) is 0 Å². The minimum atomic E-state index is 0.237. The molecular formula is C33H36N6O. The smallest absolute Gasteiger partial charge is 0.144 e. The van der Waals surface area contributed by atoms with E-state index >= 15 is 0 Å². The van der Waals surface area contributed by atoms with Crippen LogP contribution < -0.4 is 10.1 Å². The lowest BCUT2D eigenvalue weighted by Crippen LogP contribution is -2.31. The third-order valence-corrected chi connectivity index (χ3v) is 7.81. The summed E-state index contributed by atoms with van der Waals surface area (Å²) in [6.07, 6.45) is 7.10. The number of nitrogens with one attached hydrogen (secondary N) is 2. The number of H-pyrrole nitrogens is 1. The molecule has 2 N–H and O–H groups in total. The zero-order valence-electron chi connectivity index (χ0n) is 23.2. The van der Waals surface area contributed by atoms with Gasteiger partial charge in [0.05, 0.1) is 36.6 Å². The summed E-state index contributed by atoms with van der Waals surface area (Å²) in [7, 11) is 1.71. The maximum atomic E-state index is 5.62. The Kier molecular flexibility index (Phi) is 7.84. The molecule has 3 aromatic heterocycles. The summed E-state index contributed by atoms with van der Waals surface area (Å²) in [4.78, 5) is 20.4. The van der Waals surface area contributed by atoms with Crippen LogP contribution in [0, 0.1) is 6.92 Å². The van der Waals surface area contributed by atoms with Gasteiger partial charge in [-0.15, -0.1) is 0 Å². The Morgan fingerprint density at radius 3 is 2.60 bits per heavy atom. The maximum Gasteiger partial charge on any atom is 0.144 e. The number of imidazole rings is 1. The first-order chi connectivity index (χ1) is 19.7. The first-order valence-electron chi connectivity index (χ1n) is 14.1. The van der Waals surface area contributed by atoms with Gasteiger partial charge in [-0.2, -0.15) is 0 Å². The van der Waals surface area contributed by atoms with E-state index in [1.54, 1.807) is 7.11 Å². The molecule has 0 saturated carbocycles. The number of nitrogens with zero attached hydrogens (tertiary/aromatic N) is 4. The van der Waals surface area contributed by atoms with Gasteiger partial charge in [0.15, 0.2) is 0 Å². The van der Waals surface area contributed by atoms with E-state index in [0.717, 1.165) is 72.8 Å². The number of fused-ring (bicyclic) bond motifs is 2. The van der Waals surface area contributed by atoms with Crippen molar-refractivity contribution < 1.29 is 4.74 Å². The van der Waals surface area contributed by atoms with Crippen LogP contribution in [-0.2, 0) is 32.6 Å². The third-order valence-electron chi connectivity index (χ3n) is 7.81. The van der Waals surface area contributed by atoms with Crippen molar-refractivity contribution in [3.05, 3.63) is 119 Å². The van der Waals surface area contributed by atoms with Gasteiger partial charge in [0.1, 0.15) is 17.1 Å². The first kappa shape index (κ1) is 26.2. The van der Waals surface area contributed by atoms with E-state index in [1.165, 1.54) is 22.4 Å². The molecule has 7 heteroatoms. The number of aromatic nitrogens is 4. The number of methoxy groups -OCH3 is 1. The highest BCUT2D eigenvalue weighted by molar-refractivity contribution is 5.84. The Morgan fingerprint density at radius 2 is 1.77 bits per heavy atom. The average molecular weight is 533 g/mol. The van der Waals surface area contributed by atoms with Gasteiger partial charge in [-0.25, -0.2) is 4.98 Å². The molecule has 1 unspecified atom stereocenters. The fourth-order valence-corrected chi connectivity index (χ4v) is 5.74. The molecule has 0 radical (unpaired) electrons. The van der Waals surface area contributed by atoms with E-state index < -0.39 is 0 Å². The highest BCUT2D eigenvalue weighted by atomic mass is 16.5. The molecule has 1 atom stereocenters. The van der Waals surface area contributed by atoms with E-state index in [9.17, 15) is 0 Å². The molecule has 7 nitrogen and oxygen atoms in total. The number of hydrogen-bond donors (Lipinski definition) is 2. The molecule has 1 aliphatic carbocycles. The number of benzene rings is 2. The molecule has 40 heavy (non-hydrogen) atoms. The summed E-state index contributed by atoms with van der Waals surface area (Å²) in [6, 6.07) is 23.6. The van der Waals surface area contributed by atoms with Crippen LogP contribution >= 0.6 is 0 Å². The van der Waals surface area contributed by atoms with Crippen LogP contribution in [0.2, 0.25) is 0 Å². The fraction of sp³-hybridized carbons (Fsp3) is 0.303. The Bertz CT molecular complexity index is 1560. The summed E-state index contributed by atoms with van der Waals surface area (Å²) in [5.74, 6) is 1.77. The van der Waals surface area contributed by atoms with Crippen molar-refractivity contribution in [3.8, 4) is 5.75 Å². The molecule has 3 heterocycles. The van der Waals surface area contributed by atoms with Crippen molar-refractivity contribution in [1.29, 1.82) is 0 Å². The first-order valence-corrected chi connectivity index (χ1v) is 14.1. The third kappa shape index (κ3) is 5.76. The fourth-order valence-electron chi connectivity index (χ4n) is 5.74. The van der Waals surface area contributed by atoms with E-state index in [2.05, 4.69) is 69.6 Å². The van der Waals surface area contributed by atoms with E-state index in [0.29, 0.717) is 6.54 Å². The Hall–Kier alpha value is -4.07. The Balaban J connectivity index is 1.23. The van der Waals surface area contributed by atoms with Crippen LogP contribution in [0.1, 0.15) is 58.3 Å². The molecule has 204 valence electrons. The van der Waals surface area contributed by atoms with Gasteiger partial charge in [-0.1, -0.05) is 42.5 Å². The quantitative estimate of drug-likeness (QED) is 0.228. The molecule has 0 spiro atoms. The average Bonchev–Trinajstić information content (AvgIpc) is 3.43. The minimum absolute atomic E-state index is 0.237. The van der Waals surface area contributed by atoms with Crippen molar-refractivity contribution in [2.24, 2.45) is 0 Å². The molecule has 0 amide bonds. The van der Waals surface area contributed by atoms with Crippen LogP contribution in [-0.4, -0.2) is 31.9 Å². The summed E-state index contributed by atoms with van der Waals surface area (Å²) < 4.78 is 5.62. The molecule has 0 saturated heterocycles. The van der Waals surface area contributed by atoms with Crippen molar-refractivity contribution in [2.75, 3.05) is 7.11 Å². The summed E-state index contributed by atoms with van der Waals surface area (Å²) in [5.41, 5.74) is 9.23. The number of aryl methyl sites for hydroxylation is 2. The van der Waals surface area contributed by atoms with Crippen molar-refractivity contribution >= 4 is 11.0 Å².